The van der Waals surface area contributed by atoms with Crippen LogP contribution in [0.15, 0.2) is 12.2 Å². The van der Waals surface area contributed by atoms with Gasteiger partial charge in [-0.25, -0.2) is 0 Å². The van der Waals surface area contributed by atoms with E-state index < -0.39 is 0 Å². The first-order valence-electron chi connectivity index (χ1n) is 5.10. The standard InChI is InChI=1S/C11H16/c1-2-4-10-8(3-1)5-6-9-7-11(9)10/h1-2,8-11H,3-7H2. The minimum Gasteiger partial charge on any atom is -0.0882 e. The molecule has 3 aliphatic carbocycles. The van der Waals surface area contributed by atoms with Crippen molar-refractivity contribution in [2.24, 2.45) is 23.7 Å². The van der Waals surface area contributed by atoms with Crippen molar-refractivity contribution in [3.63, 3.8) is 0 Å². The van der Waals surface area contributed by atoms with Crippen LogP contribution in [0.5, 0.6) is 0 Å². The van der Waals surface area contributed by atoms with E-state index in [1.165, 1.54) is 31.1 Å². The van der Waals surface area contributed by atoms with E-state index in [0.717, 1.165) is 11.8 Å². The van der Waals surface area contributed by atoms with Gasteiger partial charge in [-0.3, -0.25) is 0 Å². The Bertz CT molecular complexity index is 192. The average molecular weight is 148 g/mol. The van der Waals surface area contributed by atoms with Crippen molar-refractivity contribution in [3.05, 3.63) is 12.2 Å². The van der Waals surface area contributed by atoms with Crippen LogP contribution in [0.3, 0.4) is 0 Å². The molecule has 0 bridgehead atoms. The number of hydrogen-bond acceptors (Lipinski definition) is 0. The van der Waals surface area contributed by atoms with Gasteiger partial charge in [-0.05, 0) is 55.8 Å². The van der Waals surface area contributed by atoms with E-state index in [1.54, 1.807) is 12.8 Å². The zero-order valence-corrected chi connectivity index (χ0v) is 7.00. The summed E-state index contributed by atoms with van der Waals surface area (Å²) in [6.07, 6.45) is 12.3. The summed E-state index contributed by atoms with van der Waals surface area (Å²) in [5.74, 6) is 4.53. The third-order valence-corrected chi connectivity index (χ3v) is 4.05. The second-order valence-corrected chi connectivity index (χ2v) is 4.60. The molecule has 4 atom stereocenters. The SMILES string of the molecule is C1=CCC2C(C1)CCC1CC12. The highest BCUT2D eigenvalue weighted by Gasteiger charge is 2.48. The summed E-state index contributed by atoms with van der Waals surface area (Å²) in [7, 11) is 0. The van der Waals surface area contributed by atoms with Crippen LogP contribution in [0.2, 0.25) is 0 Å². The monoisotopic (exact) mass is 148 g/mol. The van der Waals surface area contributed by atoms with Crippen molar-refractivity contribution >= 4 is 0 Å². The third-order valence-electron chi connectivity index (χ3n) is 4.05. The molecular weight excluding hydrogens is 132 g/mol. The van der Waals surface area contributed by atoms with E-state index in [2.05, 4.69) is 12.2 Å². The molecule has 0 aromatic rings. The maximum atomic E-state index is 2.42. The fraction of sp³-hybridized carbons (Fsp3) is 0.818. The van der Waals surface area contributed by atoms with Crippen molar-refractivity contribution in [2.75, 3.05) is 0 Å². The Labute approximate surface area is 68.7 Å². The van der Waals surface area contributed by atoms with Gasteiger partial charge < -0.3 is 0 Å². The van der Waals surface area contributed by atoms with Gasteiger partial charge in [0.15, 0.2) is 0 Å². The van der Waals surface area contributed by atoms with Crippen molar-refractivity contribution in [2.45, 2.75) is 32.1 Å². The van der Waals surface area contributed by atoms with Crippen molar-refractivity contribution in [3.8, 4) is 0 Å². The van der Waals surface area contributed by atoms with Gasteiger partial charge in [-0.2, -0.15) is 0 Å². The molecule has 0 heterocycles. The molecule has 0 amide bonds. The first-order valence-corrected chi connectivity index (χ1v) is 5.10. The Morgan fingerprint density at radius 1 is 0.818 bits per heavy atom. The lowest BCUT2D eigenvalue weighted by Gasteiger charge is -2.32. The summed E-state index contributed by atoms with van der Waals surface area (Å²) in [5.41, 5.74) is 0. The fourth-order valence-corrected chi connectivity index (χ4v) is 3.30. The minimum atomic E-state index is 1.09. The molecule has 0 aliphatic heterocycles. The molecule has 0 spiro atoms. The summed E-state index contributed by atoms with van der Waals surface area (Å²) < 4.78 is 0. The van der Waals surface area contributed by atoms with Gasteiger partial charge in [0, 0.05) is 0 Å². The quantitative estimate of drug-likeness (QED) is 0.463. The summed E-state index contributed by atoms with van der Waals surface area (Å²) in [5, 5.41) is 0. The fourth-order valence-electron chi connectivity index (χ4n) is 3.30. The van der Waals surface area contributed by atoms with E-state index >= 15 is 0 Å². The van der Waals surface area contributed by atoms with E-state index in [9.17, 15) is 0 Å². The van der Waals surface area contributed by atoms with Crippen molar-refractivity contribution in [1.82, 2.24) is 0 Å². The second-order valence-electron chi connectivity index (χ2n) is 4.60. The maximum absolute atomic E-state index is 2.42. The van der Waals surface area contributed by atoms with Gasteiger partial charge in [0.2, 0.25) is 0 Å². The topological polar surface area (TPSA) is 0 Å². The Balaban J connectivity index is 1.82. The van der Waals surface area contributed by atoms with Gasteiger partial charge in [-0.15, -0.1) is 0 Å². The third kappa shape index (κ3) is 0.881. The summed E-state index contributed by atoms with van der Waals surface area (Å²) in [6.45, 7) is 0. The molecule has 0 nitrogen and oxygen atoms in total. The second kappa shape index (κ2) is 2.12. The highest BCUT2D eigenvalue weighted by atomic mass is 14.5. The lowest BCUT2D eigenvalue weighted by molar-refractivity contribution is 0.215. The summed E-state index contributed by atoms with van der Waals surface area (Å²) >= 11 is 0. The van der Waals surface area contributed by atoms with Crippen molar-refractivity contribution < 1.29 is 0 Å². The Morgan fingerprint density at radius 3 is 2.64 bits per heavy atom. The maximum Gasteiger partial charge on any atom is -0.0317 e. The molecule has 0 N–H and O–H groups in total. The molecule has 0 heteroatoms. The molecule has 2 saturated carbocycles. The first kappa shape index (κ1) is 6.28. The minimum absolute atomic E-state index is 1.09. The van der Waals surface area contributed by atoms with Gasteiger partial charge in [0.1, 0.15) is 0 Å². The molecule has 3 aliphatic rings. The Hall–Kier alpha value is -0.260. The molecule has 0 aromatic carbocycles. The van der Waals surface area contributed by atoms with E-state index in [0.29, 0.717) is 0 Å². The van der Waals surface area contributed by atoms with Crippen LogP contribution >= 0.6 is 0 Å². The Morgan fingerprint density at radius 2 is 1.64 bits per heavy atom. The Kier molecular flexibility index (Phi) is 1.21. The van der Waals surface area contributed by atoms with Crippen LogP contribution < -0.4 is 0 Å². The van der Waals surface area contributed by atoms with Gasteiger partial charge in [-0.1, -0.05) is 12.2 Å². The normalized spacial score (nSPS) is 53.1. The van der Waals surface area contributed by atoms with Crippen LogP contribution in [-0.2, 0) is 0 Å². The molecule has 3 rings (SSSR count). The lowest BCUT2D eigenvalue weighted by Crippen LogP contribution is -2.23. The van der Waals surface area contributed by atoms with Crippen LogP contribution in [0.4, 0.5) is 0 Å². The van der Waals surface area contributed by atoms with Gasteiger partial charge in [0.05, 0.1) is 0 Å². The molecule has 60 valence electrons. The van der Waals surface area contributed by atoms with Crippen molar-refractivity contribution in [1.29, 1.82) is 0 Å². The highest BCUT2D eigenvalue weighted by molar-refractivity contribution is 5.05. The van der Waals surface area contributed by atoms with Crippen LogP contribution in [-0.4, -0.2) is 0 Å². The molecule has 2 fully saturated rings. The molecule has 0 radical (unpaired) electrons. The van der Waals surface area contributed by atoms with Crippen LogP contribution in [0.25, 0.3) is 0 Å². The highest BCUT2D eigenvalue weighted by Crippen LogP contribution is 2.57. The number of allylic oxidation sites excluding steroid dienone is 2. The zero-order valence-electron chi connectivity index (χ0n) is 7.00. The smallest absolute Gasteiger partial charge is 0.0317 e. The molecule has 4 unspecified atom stereocenters. The van der Waals surface area contributed by atoms with E-state index in [4.69, 9.17) is 0 Å². The van der Waals surface area contributed by atoms with Crippen LogP contribution in [0.1, 0.15) is 32.1 Å². The van der Waals surface area contributed by atoms with E-state index in [-0.39, 0.29) is 0 Å². The largest absolute Gasteiger partial charge is 0.0882 e. The van der Waals surface area contributed by atoms with Gasteiger partial charge in [0.25, 0.3) is 0 Å². The van der Waals surface area contributed by atoms with Crippen LogP contribution in [0, 0.1) is 23.7 Å². The average Bonchev–Trinajstić information content (AvgIpc) is 2.83. The zero-order chi connectivity index (χ0) is 7.26. The number of fused-ring (bicyclic) bond motifs is 3. The predicted molar refractivity (Wildman–Crippen MR) is 46.2 cm³/mol. The number of rotatable bonds is 0. The molecule has 0 aromatic heterocycles. The molecule has 11 heavy (non-hydrogen) atoms. The lowest BCUT2D eigenvalue weighted by atomic mass is 9.73. The number of hydrogen-bond donors (Lipinski definition) is 0. The molecular formula is C11H16. The summed E-state index contributed by atoms with van der Waals surface area (Å²) in [4.78, 5) is 0. The molecule has 0 saturated heterocycles. The first-order chi connectivity index (χ1) is 5.45. The van der Waals surface area contributed by atoms with E-state index in [1.807, 2.05) is 0 Å². The predicted octanol–water partition coefficient (Wildman–Crippen LogP) is 3.00. The summed E-state index contributed by atoms with van der Waals surface area (Å²) in [6, 6.07) is 0. The van der Waals surface area contributed by atoms with Gasteiger partial charge >= 0.3 is 0 Å².